The molecule has 1 heterocycles. The summed E-state index contributed by atoms with van der Waals surface area (Å²) in [7, 11) is -3.78. The first-order valence-electron chi connectivity index (χ1n) is 5.35. The Bertz CT molecular complexity index is 680. The quantitative estimate of drug-likeness (QED) is 0.832. The van der Waals surface area contributed by atoms with Gasteiger partial charge in [-0.2, -0.15) is 5.10 Å². The van der Waals surface area contributed by atoms with E-state index in [9.17, 15) is 13.2 Å². The van der Waals surface area contributed by atoms with Crippen LogP contribution in [0.4, 0.5) is 5.69 Å². The second-order valence-corrected chi connectivity index (χ2v) is 5.39. The van der Waals surface area contributed by atoms with Crippen molar-refractivity contribution in [1.29, 1.82) is 0 Å². The number of nitrogens with zero attached hydrogens (tertiary/aromatic N) is 2. The van der Waals surface area contributed by atoms with Crippen molar-refractivity contribution >= 4 is 21.6 Å². The van der Waals surface area contributed by atoms with Gasteiger partial charge in [0.2, 0.25) is 15.9 Å². The van der Waals surface area contributed by atoms with E-state index < -0.39 is 10.0 Å². The number of aromatic nitrogens is 2. The van der Waals surface area contributed by atoms with Crippen LogP contribution in [0.25, 0.3) is 0 Å². The molecule has 19 heavy (non-hydrogen) atoms. The zero-order valence-electron chi connectivity index (χ0n) is 9.85. The Kier molecular flexibility index (Phi) is 3.63. The first kappa shape index (κ1) is 13.2. The molecule has 8 heteroatoms. The van der Waals surface area contributed by atoms with Crippen LogP contribution in [0.2, 0.25) is 0 Å². The van der Waals surface area contributed by atoms with Gasteiger partial charge in [0.1, 0.15) is 6.54 Å². The van der Waals surface area contributed by atoms with Crippen LogP contribution in [0.5, 0.6) is 0 Å². The molecular weight excluding hydrogens is 268 g/mol. The van der Waals surface area contributed by atoms with Crippen LogP contribution in [0.15, 0.2) is 47.6 Å². The Morgan fingerprint density at radius 1 is 1.37 bits per heavy atom. The topological polar surface area (TPSA) is 107 Å². The summed E-state index contributed by atoms with van der Waals surface area (Å²) < 4.78 is 23.8. The molecule has 1 aromatic heterocycles. The van der Waals surface area contributed by atoms with Crippen LogP contribution in [-0.4, -0.2) is 24.1 Å². The summed E-state index contributed by atoms with van der Waals surface area (Å²) in [4.78, 5) is 11.6. The smallest absolute Gasteiger partial charge is 0.246 e. The Balaban J connectivity index is 2.09. The van der Waals surface area contributed by atoms with Crippen molar-refractivity contribution in [3.63, 3.8) is 0 Å². The van der Waals surface area contributed by atoms with E-state index in [1.54, 1.807) is 24.5 Å². The number of carbonyl (C=O) groups is 1. The highest BCUT2D eigenvalue weighted by molar-refractivity contribution is 7.89. The molecule has 0 saturated heterocycles. The summed E-state index contributed by atoms with van der Waals surface area (Å²) >= 11 is 0. The monoisotopic (exact) mass is 280 g/mol. The van der Waals surface area contributed by atoms with Crippen LogP contribution in [0.3, 0.4) is 0 Å². The van der Waals surface area contributed by atoms with Crippen molar-refractivity contribution in [2.75, 3.05) is 5.32 Å². The molecule has 0 unspecified atom stereocenters. The van der Waals surface area contributed by atoms with E-state index in [4.69, 9.17) is 5.14 Å². The molecule has 0 aliphatic rings. The van der Waals surface area contributed by atoms with Gasteiger partial charge >= 0.3 is 0 Å². The van der Waals surface area contributed by atoms with E-state index in [1.165, 1.54) is 22.9 Å². The summed E-state index contributed by atoms with van der Waals surface area (Å²) in [6, 6.07) is 7.45. The number of nitrogens with two attached hydrogens (primary N) is 1. The Hall–Kier alpha value is -2.19. The van der Waals surface area contributed by atoms with Crippen molar-refractivity contribution in [2.24, 2.45) is 5.14 Å². The minimum Gasteiger partial charge on any atom is -0.324 e. The number of hydrogen-bond acceptors (Lipinski definition) is 4. The number of amides is 1. The summed E-state index contributed by atoms with van der Waals surface area (Å²) in [6.07, 6.45) is 3.22. The number of anilines is 1. The number of primary sulfonamides is 1. The van der Waals surface area contributed by atoms with E-state index in [-0.39, 0.29) is 17.3 Å². The highest BCUT2D eigenvalue weighted by Gasteiger charge is 2.09. The SMILES string of the molecule is NS(=O)(=O)c1cccc(NC(=O)Cn2cccn2)c1. The minimum absolute atomic E-state index is 0.0482. The highest BCUT2D eigenvalue weighted by Crippen LogP contribution is 2.13. The van der Waals surface area contributed by atoms with E-state index in [0.717, 1.165) is 0 Å². The van der Waals surface area contributed by atoms with E-state index >= 15 is 0 Å². The van der Waals surface area contributed by atoms with Gasteiger partial charge < -0.3 is 5.32 Å². The van der Waals surface area contributed by atoms with E-state index in [2.05, 4.69) is 10.4 Å². The molecule has 0 bridgehead atoms. The van der Waals surface area contributed by atoms with Gasteiger partial charge in [0, 0.05) is 18.1 Å². The molecule has 0 spiro atoms. The predicted molar refractivity (Wildman–Crippen MR) is 68.7 cm³/mol. The van der Waals surface area contributed by atoms with Crippen molar-refractivity contribution < 1.29 is 13.2 Å². The van der Waals surface area contributed by atoms with Crippen molar-refractivity contribution in [3.05, 3.63) is 42.7 Å². The number of rotatable bonds is 4. The van der Waals surface area contributed by atoms with Crippen molar-refractivity contribution in [2.45, 2.75) is 11.4 Å². The maximum atomic E-state index is 11.7. The van der Waals surface area contributed by atoms with E-state index in [1.807, 2.05) is 0 Å². The van der Waals surface area contributed by atoms with Crippen LogP contribution in [-0.2, 0) is 21.4 Å². The lowest BCUT2D eigenvalue weighted by Gasteiger charge is -2.06. The van der Waals surface area contributed by atoms with Gasteiger partial charge in [-0.25, -0.2) is 13.6 Å². The molecule has 0 aliphatic carbocycles. The lowest BCUT2D eigenvalue weighted by molar-refractivity contribution is -0.116. The van der Waals surface area contributed by atoms with Crippen LogP contribution in [0, 0.1) is 0 Å². The molecule has 3 N–H and O–H groups in total. The zero-order chi connectivity index (χ0) is 13.9. The van der Waals surface area contributed by atoms with Gasteiger partial charge in [-0.3, -0.25) is 9.48 Å². The van der Waals surface area contributed by atoms with Crippen LogP contribution < -0.4 is 10.5 Å². The molecule has 2 rings (SSSR count). The number of nitrogens with one attached hydrogen (secondary N) is 1. The van der Waals surface area contributed by atoms with Gasteiger partial charge in [0.25, 0.3) is 0 Å². The standard InChI is InChI=1S/C11H12N4O3S/c12-19(17,18)10-4-1-3-9(7-10)14-11(16)8-15-6-2-5-13-15/h1-7H,8H2,(H,14,16)(H2,12,17,18). The highest BCUT2D eigenvalue weighted by atomic mass is 32.2. The maximum absolute atomic E-state index is 11.7. The average molecular weight is 280 g/mol. The molecule has 100 valence electrons. The van der Waals surface area contributed by atoms with Crippen LogP contribution >= 0.6 is 0 Å². The Labute approximate surface area is 110 Å². The van der Waals surface area contributed by atoms with Gasteiger partial charge in [-0.1, -0.05) is 6.07 Å². The first-order chi connectivity index (χ1) is 8.95. The largest absolute Gasteiger partial charge is 0.324 e. The molecule has 1 amide bonds. The van der Waals surface area contributed by atoms with Gasteiger partial charge in [0.15, 0.2) is 0 Å². The average Bonchev–Trinajstić information content (AvgIpc) is 2.80. The zero-order valence-corrected chi connectivity index (χ0v) is 10.7. The molecule has 1 aromatic carbocycles. The lowest BCUT2D eigenvalue weighted by Crippen LogP contribution is -2.19. The summed E-state index contributed by atoms with van der Waals surface area (Å²) in [6.45, 7) is 0.0482. The molecule has 0 saturated carbocycles. The third kappa shape index (κ3) is 3.63. The molecule has 0 aliphatic heterocycles. The summed E-state index contributed by atoms with van der Waals surface area (Å²) in [5.74, 6) is -0.310. The van der Waals surface area contributed by atoms with Gasteiger partial charge in [0.05, 0.1) is 4.90 Å². The summed E-state index contributed by atoms with van der Waals surface area (Å²) in [5, 5.41) is 11.5. The third-order valence-corrected chi connectivity index (χ3v) is 3.22. The fourth-order valence-electron chi connectivity index (χ4n) is 1.49. The number of benzene rings is 1. The number of sulfonamides is 1. The summed E-state index contributed by atoms with van der Waals surface area (Å²) in [5.41, 5.74) is 0.365. The fourth-order valence-corrected chi connectivity index (χ4v) is 2.05. The van der Waals surface area contributed by atoms with Gasteiger partial charge in [-0.05, 0) is 24.3 Å². The van der Waals surface area contributed by atoms with Gasteiger partial charge in [-0.15, -0.1) is 0 Å². The normalized spacial score (nSPS) is 11.2. The van der Waals surface area contributed by atoms with Crippen LogP contribution in [0.1, 0.15) is 0 Å². The Morgan fingerprint density at radius 3 is 2.79 bits per heavy atom. The van der Waals surface area contributed by atoms with Crippen molar-refractivity contribution in [1.82, 2.24) is 9.78 Å². The second-order valence-electron chi connectivity index (χ2n) is 3.82. The molecule has 7 nitrogen and oxygen atoms in total. The second kappa shape index (κ2) is 5.21. The molecule has 0 fully saturated rings. The Morgan fingerprint density at radius 2 is 2.16 bits per heavy atom. The van der Waals surface area contributed by atoms with Crippen molar-refractivity contribution in [3.8, 4) is 0 Å². The fraction of sp³-hybridized carbons (Fsp3) is 0.0909. The predicted octanol–water partition coefficient (Wildman–Crippen LogP) is 0.169. The molecule has 2 aromatic rings. The lowest BCUT2D eigenvalue weighted by atomic mass is 10.3. The number of hydrogen-bond donors (Lipinski definition) is 2. The first-order valence-corrected chi connectivity index (χ1v) is 6.90. The third-order valence-electron chi connectivity index (χ3n) is 2.31. The molecular formula is C11H12N4O3S. The molecule has 0 radical (unpaired) electrons. The number of carbonyl (C=O) groups excluding carboxylic acids is 1. The van der Waals surface area contributed by atoms with E-state index in [0.29, 0.717) is 5.69 Å². The maximum Gasteiger partial charge on any atom is 0.246 e. The minimum atomic E-state index is -3.78. The molecule has 0 atom stereocenters.